The lowest BCUT2D eigenvalue weighted by Gasteiger charge is -2.10. The van der Waals surface area contributed by atoms with E-state index in [1.165, 1.54) is 12.1 Å². The van der Waals surface area contributed by atoms with E-state index < -0.39 is 4.92 Å². The molecule has 1 heterocycles. The van der Waals surface area contributed by atoms with Gasteiger partial charge in [0.2, 0.25) is 0 Å². The highest BCUT2D eigenvalue weighted by Gasteiger charge is 2.29. The van der Waals surface area contributed by atoms with Gasteiger partial charge in [-0.2, -0.15) is 0 Å². The van der Waals surface area contributed by atoms with Crippen LogP contribution < -0.4 is 5.32 Å². The van der Waals surface area contributed by atoms with E-state index in [2.05, 4.69) is 12.2 Å². The van der Waals surface area contributed by atoms with E-state index in [9.17, 15) is 14.9 Å². The average molecular weight is 234 g/mol. The smallest absolute Gasteiger partial charge is 0.270 e. The maximum atomic E-state index is 11.7. The Balaban J connectivity index is 2.30. The van der Waals surface area contributed by atoms with Crippen molar-refractivity contribution in [1.82, 2.24) is 5.32 Å². The van der Waals surface area contributed by atoms with Crippen LogP contribution in [0.4, 0.5) is 5.69 Å². The Kier molecular flexibility index (Phi) is 3.08. The van der Waals surface area contributed by atoms with Gasteiger partial charge in [-0.1, -0.05) is 19.8 Å². The SMILES string of the molecule is CCCC[C@H]1NC(=O)c2cc([N+](=O)[O-])ccc21. The molecule has 0 spiro atoms. The van der Waals surface area contributed by atoms with Crippen LogP contribution in [0.15, 0.2) is 18.2 Å². The van der Waals surface area contributed by atoms with Crippen molar-refractivity contribution in [2.24, 2.45) is 0 Å². The molecule has 0 saturated heterocycles. The summed E-state index contributed by atoms with van der Waals surface area (Å²) in [6.45, 7) is 2.09. The molecule has 5 nitrogen and oxygen atoms in total. The van der Waals surface area contributed by atoms with Gasteiger partial charge in [-0.25, -0.2) is 0 Å². The molecule has 1 aliphatic heterocycles. The van der Waals surface area contributed by atoms with Crippen LogP contribution in [0.5, 0.6) is 0 Å². The van der Waals surface area contributed by atoms with Gasteiger partial charge in [0.05, 0.1) is 16.5 Å². The molecule has 1 aliphatic rings. The fourth-order valence-electron chi connectivity index (χ4n) is 2.11. The maximum Gasteiger partial charge on any atom is 0.270 e. The Bertz CT molecular complexity index is 471. The van der Waals surface area contributed by atoms with Crippen LogP contribution in [0.1, 0.15) is 48.1 Å². The van der Waals surface area contributed by atoms with Crippen LogP contribution in [0.3, 0.4) is 0 Å². The summed E-state index contributed by atoms with van der Waals surface area (Å²) in [5.74, 6) is -0.204. The minimum Gasteiger partial charge on any atom is -0.345 e. The quantitative estimate of drug-likeness (QED) is 0.642. The molecule has 2 rings (SSSR count). The second kappa shape index (κ2) is 4.53. The number of carbonyl (C=O) groups is 1. The van der Waals surface area contributed by atoms with Crippen molar-refractivity contribution in [3.05, 3.63) is 39.4 Å². The molecule has 0 saturated carbocycles. The predicted octanol–water partition coefficient (Wildman–Crippen LogP) is 2.57. The van der Waals surface area contributed by atoms with Gasteiger partial charge in [0.15, 0.2) is 0 Å². The zero-order chi connectivity index (χ0) is 12.4. The van der Waals surface area contributed by atoms with Gasteiger partial charge in [0.1, 0.15) is 0 Å². The normalized spacial score (nSPS) is 17.7. The van der Waals surface area contributed by atoms with Crippen LogP contribution in [0.25, 0.3) is 0 Å². The molecule has 90 valence electrons. The van der Waals surface area contributed by atoms with Crippen LogP contribution in [0.2, 0.25) is 0 Å². The van der Waals surface area contributed by atoms with Crippen molar-refractivity contribution in [3.63, 3.8) is 0 Å². The number of amides is 1. The Morgan fingerprint density at radius 1 is 1.47 bits per heavy atom. The highest BCUT2D eigenvalue weighted by Crippen LogP contribution is 2.31. The zero-order valence-electron chi connectivity index (χ0n) is 9.60. The molecule has 0 bridgehead atoms. The minimum absolute atomic E-state index is 0.0123. The third-order valence-corrected chi connectivity index (χ3v) is 3.02. The summed E-state index contributed by atoms with van der Waals surface area (Å²) in [7, 11) is 0. The minimum atomic E-state index is -0.479. The van der Waals surface area contributed by atoms with Crippen molar-refractivity contribution in [3.8, 4) is 0 Å². The van der Waals surface area contributed by atoms with Crippen LogP contribution in [-0.2, 0) is 0 Å². The molecule has 0 unspecified atom stereocenters. The summed E-state index contributed by atoms with van der Waals surface area (Å²) in [6, 6.07) is 4.51. The first-order valence-corrected chi connectivity index (χ1v) is 5.72. The van der Waals surface area contributed by atoms with Gasteiger partial charge in [-0.05, 0) is 18.1 Å². The van der Waals surface area contributed by atoms with E-state index in [1.54, 1.807) is 6.07 Å². The topological polar surface area (TPSA) is 72.2 Å². The van der Waals surface area contributed by atoms with Crippen molar-refractivity contribution < 1.29 is 9.72 Å². The number of nitro benzene ring substituents is 1. The third-order valence-electron chi connectivity index (χ3n) is 3.02. The molecule has 1 aromatic rings. The van der Waals surface area contributed by atoms with E-state index in [1.807, 2.05) is 0 Å². The molecule has 0 fully saturated rings. The molecule has 0 radical (unpaired) electrons. The molecule has 0 aromatic heterocycles. The van der Waals surface area contributed by atoms with E-state index in [0.717, 1.165) is 24.8 Å². The summed E-state index contributed by atoms with van der Waals surface area (Å²) < 4.78 is 0. The largest absolute Gasteiger partial charge is 0.345 e. The van der Waals surface area contributed by atoms with Gasteiger partial charge in [0.25, 0.3) is 11.6 Å². The molecule has 5 heteroatoms. The monoisotopic (exact) mass is 234 g/mol. The van der Waals surface area contributed by atoms with Gasteiger partial charge in [-0.3, -0.25) is 14.9 Å². The van der Waals surface area contributed by atoms with E-state index in [-0.39, 0.29) is 17.6 Å². The van der Waals surface area contributed by atoms with Crippen molar-refractivity contribution in [1.29, 1.82) is 0 Å². The van der Waals surface area contributed by atoms with E-state index in [0.29, 0.717) is 5.56 Å². The number of hydrogen-bond donors (Lipinski definition) is 1. The first-order valence-electron chi connectivity index (χ1n) is 5.72. The van der Waals surface area contributed by atoms with E-state index >= 15 is 0 Å². The number of nitrogens with zero attached hydrogens (tertiary/aromatic N) is 1. The number of unbranched alkanes of at least 4 members (excludes halogenated alkanes) is 1. The van der Waals surface area contributed by atoms with Crippen LogP contribution in [-0.4, -0.2) is 10.8 Å². The molecule has 17 heavy (non-hydrogen) atoms. The Labute approximate surface area is 99.0 Å². The molecule has 1 atom stereocenters. The highest BCUT2D eigenvalue weighted by molar-refractivity contribution is 5.99. The second-order valence-electron chi connectivity index (χ2n) is 4.20. The third kappa shape index (κ3) is 2.13. The molecule has 1 amide bonds. The average Bonchev–Trinajstić information content (AvgIpc) is 2.63. The van der Waals surface area contributed by atoms with Crippen molar-refractivity contribution >= 4 is 11.6 Å². The lowest BCUT2D eigenvalue weighted by Crippen LogP contribution is -2.18. The number of carbonyl (C=O) groups excluding carboxylic acids is 1. The summed E-state index contributed by atoms with van der Waals surface area (Å²) in [6.07, 6.45) is 2.98. The number of fused-ring (bicyclic) bond motifs is 1. The zero-order valence-corrected chi connectivity index (χ0v) is 9.60. The number of hydrogen-bond acceptors (Lipinski definition) is 3. The summed E-state index contributed by atoms with van der Waals surface area (Å²) in [4.78, 5) is 21.8. The molecular weight excluding hydrogens is 220 g/mol. The Morgan fingerprint density at radius 2 is 2.24 bits per heavy atom. The molecule has 0 aliphatic carbocycles. The standard InChI is InChI=1S/C12H14N2O3/c1-2-3-4-11-9-6-5-8(14(16)17)7-10(9)12(15)13-11/h5-7,11H,2-4H2,1H3,(H,13,15)/t11-/m1/s1. The summed E-state index contributed by atoms with van der Waals surface area (Å²) in [5, 5.41) is 13.5. The van der Waals surface area contributed by atoms with Crippen molar-refractivity contribution in [2.75, 3.05) is 0 Å². The molecule has 1 aromatic carbocycles. The van der Waals surface area contributed by atoms with Crippen LogP contribution >= 0.6 is 0 Å². The van der Waals surface area contributed by atoms with Gasteiger partial charge >= 0.3 is 0 Å². The molecule has 1 N–H and O–H groups in total. The lowest BCUT2D eigenvalue weighted by molar-refractivity contribution is -0.384. The van der Waals surface area contributed by atoms with Gasteiger partial charge < -0.3 is 5.32 Å². The van der Waals surface area contributed by atoms with E-state index in [4.69, 9.17) is 0 Å². The molecular formula is C12H14N2O3. The first kappa shape index (κ1) is 11.6. The van der Waals surface area contributed by atoms with Gasteiger partial charge in [-0.15, -0.1) is 0 Å². The summed E-state index contributed by atoms with van der Waals surface area (Å²) >= 11 is 0. The number of nitrogens with one attached hydrogen (secondary N) is 1. The maximum absolute atomic E-state index is 11.7. The van der Waals surface area contributed by atoms with Gasteiger partial charge in [0, 0.05) is 12.1 Å². The number of benzene rings is 1. The van der Waals surface area contributed by atoms with Crippen LogP contribution in [0, 0.1) is 10.1 Å². The fourth-order valence-corrected chi connectivity index (χ4v) is 2.11. The Morgan fingerprint density at radius 3 is 2.88 bits per heavy atom. The fraction of sp³-hybridized carbons (Fsp3) is 0.417. The summed E-state index contributed by atoms with van der Waals surface area (Å²) in [5.41, 5.74) is 1.30. The number of non-ortho nitro benzene ring substituents is 1. The first-order chi connectivity index (χ1) is 8.13. The number of rotatable bonds is 4. The number of nitro groups is 1. The Hall–Kier alpha value is -1.91. The lowest BCUT2D eigenvalue weighted by atomic mass is 10.00. The van der Waals surface area contributed by atoms with Crippen molar-refractivity contribution in [2.45, 2.75) is 32.2 Å². The predicted molar refractivity (Wildman–Crippen MR) is 62.8 cm³/mol. The second-order valence-corrected chi connectivity index (χ2v) is 4.20. The highest BCUT2D eigenvalue weighted by atomic mass is 16.6.